The quantitative estimate of drug-likeness (QED) is 0.864. The molecule has 7 heteroatoms. The number of hydrogen-bond donors (Lipinski definition) is 2. The zero-order valence-corrected chi connectivity index (χ0v) is 14.7. The van der Waals surface area contributed by atoms with Crippen molar-refractivity contribution in [3.8, 4) is 0 Å². The minimum Gasteiger partial charge on any atom is -0.351 e. The number of hydrogen-bond acceptors (Lipinski definition) is 4. The maximum absolute atomic E-state index is 12.6. The van der Waals surface area contributed by atoms with E-state index in [9.17, 15) is 4.79 Å². The third kappa shape index (κ3) is 4.55. The number of halogens is 1. The minimum atomic E-state index is -0.0135. The molecule has 2 aromatic rings. The Bertz CT molecular complexity index is 653. The molecule has 2 heterocycles. The number of benzene rings is 1. The Balaban J connectivity index is 0.00000208. The molecule has 130 valence electrons. The van der Waals surface area contributed by atoms with E-state index in [1.807, 2.05) is 24.3 Å². The summed E-state index contributed by atoms with van der Waals surface area (Å²) in [6, 6.07) is 7.67. The third-order valence-corrected chi connectivity index (χ3v) is 4.55. The summed E-state index contributed by atoms with van der Waals surface area (Å²) in [5.74, 6) is -0.0135. The summed E-state index contributed by atoms with van der Waals surface area (Å²) in [5, 5.41) is 10.6. The Labute approximate surface area is 148 Å². The molecule has 0 bridgehead atoms. The molecular formula is C17H24ClN5O. The third-order valence-electron chi connectivity index (χ3n) is 4.55. The van der Waals surface area contributed by atoms with Gasteiger partial charge in [-0.05, 0) is 43.0 Å². The molecule has 1 amide bonds. The van der Waals surface area contributed by atoms with Crippen molar-refractivity contribution in [2.24, 2.45) is 5.41 Å². The molecule has 1 aliphatic heterocycles. The van der Waals surface area contributed by atoms with Gasteiger partial charge in [-0.2, -0.15) is 5.10 Å². The molecule has 0 atom stereocenters. The van der Waals surface area contributed by atoms with Crippen LogP contribution in [0.4, 0.5) is 0 Å². The normalized spacial score (nSPS) is 16.2. The van der Waals surface area contributed by atoms with Crippen LogP contribution in [0.15, 0.2) is 36.9 Å². The van der Waals surface area contributed by atoms with Crippen LogP contribution in [0.1, 0.15) is 35.7 Å². The van der Waals surface area contributed by atoms with Gasteiger partial charge in [0.1, 0.15) is 12.7 Å². The number of aromatic nitrogens is 3. The molecule has 0 aliphatic carbocycles. The van der Waals surface area contributed by atoms with E-state index < -0.39 is 0 Å². The van der Waals surface area contributed by atoms with Crippen LogP contribution in [0.25, 0.3) is 0 Å². The van der Waals surface area contributed by atoms with Gasteiger partial charge in [-0.1, -0.05) is 25.1 Å². The molecule has 3 rings (SSSR count). The molecule has 0 unspecified atom stereocenters. The van der Waals surface area contributed by atoms with Gasteiger partial charge < -0.3 is 10.6 Å². The number of carbonyl (C=O) groups excluding carboxylic acids is 1. The van der Waals surface area contributed by atoms with Gasteiger partial charge in [0.2, 0.25) is 0 Å². The van der Waals surface area contributed by atoms with Crippen LogP contribution in [-0.2, 0) is 6.54 Å². The van der Waals surface area contributed by atoms with Gasteiger partial charge in [-0.25, -0.2) is 9.67 Å². The molecule has 0 radical (unpaired) electrons. The van der Waals surface area contributed by atoms with E-state index in [4.69, 9.17) is 0 Å². The second-order valence-corrected chi connectivity index (χ2v) is 6.49. The Morgan fingerprint density at radius 1 is 1.33 bits per heavy atom. The highest BCUT2D eigenvalue weighted by Gasteiger charge is 2.27. The van der Waals surface area contributed by atoms with Crippen molar-refractivity contribution in [1.29, 1.82) is 0 Å². The van der Waals surface area contributed by atoms with E-state index in [0.29, 0.717) is 18.7 Å². The Morgan fingerprint density at radius 3 is 2.79 bits per heavy atom. The zero-order chi connectivity index (χ0) is 16.1. The summed E-state index contributed by atoms with van der Waals surface area (Å²) in [7, 11) is 0. The topological polar surface area (TPSA) is 71.8 Å². The number of nitrogens with one attached hydrogen (secondary N) is 2. The van der Waals surface area contributed by atoms with Crippen molar-refractivity contribution in [3.63, 3.8) is 0 Å². The largest absolute Gasteiger partial charge is 0.351 e. The summed E-state index contributed by atoms with van der Waals surface area (Å²) in [6.07, 6.45) is 5.34. The summed E-state index contributed by atoms with van der Waals surface area (Å²) in [6.45, 7) is 5.55. The highest BCUT2D eigenvalue weighted by Crippen LogP contribution is 2.26. The maximum Gasteiger partial charge on any atom is 0.251 e. The molecule has 6 nitrogen and oxygen atoms in total. The second kappa shape index (κ2) is 8.26. The first-order valence-corrected chi connectivity index (χ1v) is 8.06. The molecule has 0 spiro atoms. The average Bonchev–Trinajstić information content (AvgIpc) is 3.07. The Morgan fingerprint density at radius 2 is 2.08 bits per heavy atom. The van der Waals surface area contributed by atoms with Crippen LogP contribution in [0.3, 0.4) is 0 Å². The molecule has 24 heavy (non-hydrogen) atoms. The van der Waals surface area contributed by atoms with E-state index in [1.54, 1.807) is 11.0 Å². The monoisotopic (exact) mass is 349 g/mol. The smallest absolute Gasteiger partial charge is 0.251 e. The first-order chi connectivity index (χ1) is 11.2. The standard InChI is InChI=1S/C17H23N5O.ClH/c1-17(6-8-18-9-7-17)11-20-16(23)15-5-3-2-4-14(15)10-22-13-19-12-21-22;/h2-5,12-13,18H,6-11H2,1H3,(H,20,23);1H. The molecule has 1 aromatic carbocycles. The molecular weight excluding hydrogens is 326 g/mol. The van der Waals surface area contributed by atoms with Crippen LogP contribution in [-0.4, -0.2) is 40.3 Å². The predicted molar refractivity (Wildman–Crippen MR) is 95.4 cm³/mol. The summed E-state index contributed by atoms with van der Waals surface area (Å²) in [5.41, 5.74) is 1.84. The van der Waals surface area contributed by atoms with Gasteiger partial charge >= 0.3 is 0 Å². The van der Waals surface area contributed by atoms with Crippen molar-refractivity contribution in [3.05, 3.63) is 48.0 Å². The first-order valence-electron chi connectivity index (χ1n) is 8.06. The molecule has 1 fully saturated rings. The van der Waals surface area contributed by atoms with Crippen molar-refractivity contribution >= 4 is 18.3 Å². The lowest BCUT2D eigenvalue weighted by Gasteiger charge is -2.34. The first kappa shape index (κ1) is 18.4. The highest BCUT2D eigenvalue weighted by molar-refractivity contribution is 5.95. The van der Waals surface area contributed by atoms with Crippen molar-refractivity contribution in [2.75, 3.05) is 19.6 Å². The van der Waals surface area contributed by atoms with Gasteiger partial charge in [0.25, 0.3) is 5.91 Å². The van der Waals surface area contributed by atoms with E-state index in [0.717, 1.165) is 31.5 Å². The minimum absolute atomic E-state index is 0. The lowest BCUT2D eigenvalue weighted by Crippen LogP contribution is -2.43. The molecule has 0 saturated carbocycles. The number of piperidine rings is 1. The van der Waals surface area contributed by atoms with Crippen molar-refractivity contribution in [2.45, 2.75) is 26.3 Å². The van der Waals surface area contributed by atoms with Gasteiger partial charge in [0.05, 0.1) is 6.54 Å². The van der Waals surface area contributed by atoms with Gasteiger partial charge in [0, 0.05) is 12.1 Å². The van der Waals surface area contributed by atoms with Crippen molar-refractivity contribution in [1.82, 2.24) is 25.4 Å². The van der Waals surface area contributed by atoms with E-state index in [1.165, 1.54) is 6.33 Å². The van der Waals surface area contributed by atoms with E-state index >= 15 is 0 Å². The number of nitrogens with zero attached hydrogens (tertiary/aromatic N) is 3. The van der Waals surface area contributed by atoms with Gasteiger partial charge in [-0.15, -0.1) is 12.4 Å². The SMILES string of the molecule is CC1(CNC(=O)c2ccccc2Cn2cncn2)CCNCC1.Cl. The van der Waals surface area contributed by atoms with Crippen LogP contribution in [0.5, 0.6) is 0 Å². The zero-order valence-electron chi connectivity index (χ0n) is 13.9. The van der Waals surface area contributed by atoms with Crippen LogP contribution in [0, 0.1) is 5.41 Å². The van der Waals surface area contributed by atoms with Gasteiger partial charge in [0.15, 0.2) is 0 Å². The van der Waals surface area contributed by atoms with E-state index in [-0.39, 0.29) is 23.7 Å². The fraction of sp³-hybridized carbons (Fsp3) is 0.471. The number of carbonyl (C=O) groups is 1. The average molecular weight is 350 g/mol. The Hall–Kier alpha value is -1.92. The lowest BCUT2D eigenvalue weighted by molar-refractivity contribution is 0.0921. The fourth-order valence-electron chi connectivity index (χ4n) is 2.96. The van der Waals surface area contributed by atoms with Crippen molar-refractivity contribution < 1.29 is 4.79 Å². The molecule has 1 aliphatic rings. The summed E-state index contributed by atoms with van der Waals surface area (Å²) >= 11 is 0. The molecule has 2 N–H and O–H groups in total. The number of rotatable bonds is 5. The fourth-order valence-corrected chi connectivity index (χ4v) is 2.96. The summed E-state index contributed by atoms with van der Waals surface area (Å²) < 4.78 is 1.72. The molecule has 1 saturated heterocycles. The van der Waals surface area contributed by atoms with Gasteiger partial charge in [-0.3, -0.25) is 4.79 Å². The lowest BCUT2D eigenvalue weighted by atomic mass is 9.81. The summed E-state index contributed by atoms with van der Waals surface area (Å²) in [4.78, 5) is 16.6. The molecule has 1 aromatic heterocycles. The second-order valence-electron chi connectivity index (χ2n) is 6.49. The van der Waals surface area contributed by atoms with E-state index in [2.05, 4.69) is 27.6 Å². The maximum atomic E-state index is 12.6. The number of amides is 1. The predicted octanol–water partition coefficient (Wildman–Crippen LogP) is 1.87. The highest BCUT2D eigenvalue weighted by atomic mass is 35.5. The van der Waals surface area contributed by atoms with Crippen LogP contribution in [0.2, 0.25) is 0 Å². The Kier molecular flexibility index (Phi) is 6.34. The van der Waals surface area contributed by atoms with Crippen LogP contribution < -0.4 is 10.6 Å². The van der Waals surface area contributed by atoms with Crippen LogP contribution >= 0.6 is 12.4 Å².